The van der Waals surface area contributed by atoms with E-state index in [0.717, 1.165) is 6.42 Å². The van der Waals surface area contributed by atoms with Crippen molar-refractivity contribution in [3.05, 3.63) is 42.4 Å². The van der Waals surface area contributed by atoms with Crippen LogP contribution in [0.3, 0.4) is 0 Å². The zero-order chi connectivity index (χ0) is 17.2. The van der Waals surface area contributed by atoms with E-state index < -0.39 is 6.04 Å². The Balaban J connectivity index is 1.47. The van der Waals surface area contributed by atoms with Crippen LogP contribution in [0.2, 0.25) is 0 Å². The number of carbonyl (C=O) groups excluding carboxylic acids is 2. The summed E-state index contributed by atoms with van der Waals surface area (Å²) in [7, 11) is 0. The number of anilines is 1. The van der Waals surface area contributed by atoms with Crippen LogP contribution in [0.1, 0.15) is 23.4 Å². The Morgan fingerprint density at radius 1 is 1.12 bits per heavy atom. The van der Waals surface area contributed by atoms with Gasteiger partial charge in [0.25, 0.3) is 5.91 Å². The summed E-state index contributed by atoms with van der Waals surface area (Å²) in [5.41, 5.74) is 0.617. The first kappa shape index (κ1) is 15.6. The number of hydrogen-bond donors (Lipinski definition) is 1. The minimum absolute atomic E-state index is 0.214. The molecule has 1 N–H and O–H groups in total. The number of amides is 2. The predicted molar refractivity (Wildman–Crippen MR) is 88.8 cm³/mol. The molecule has 1 aromatic carbocycles. The van der Waals surface area contributed by atoms with Crippen molar-refractivity contribution >= 4 is 17.5 Å². The number of rotatable bonds is 3. The fraction of sp³-hybridized carbons (Fsp3) is 0.333. The largest absolute Gasteiger partial charge is 0.486 e. The van der Waals surface area contributed by atoms with Gasteiger partial charge in [0.15, 0.2) is 17.3 Å². The molecule has 0 aliphatic carbocycles. The first-order valence-electron chi connectivity index (χ1n) is 8.27. The maximum absolute atomic E-state index is 12.7. The van der Waals surface area contributed by atoms with Gasteiger partial charge in [-0.3, -0.25) is 9.59 Å². The van der Waals surface area contributed by atoms with Gasteiger partial charge in [-0.1, -0.05) is 0 Å². The fourth-order valence-corrected chi connectivity index (χ4v) is 3.17. The van der Waals surface area contributed by atoms with Gasteiger partial charge in [0.2, 0.25) is 5.91 Å². The van der Waals surface area contributed by atoms with Gasteiger partial charge in [0.05, 0.1) is 6.26 Å². The van der Waals surface area contributed by atoms with E-state index in [1.807, 2.05) is 0 Å². The Hall–Kier alpha value is -2.96. The molecule has 2 aromatic rings. The van der Waals surface area contributed by atoms with Crippen molar-refractivity contribution in [1.29, 1.82) is 0 Å². The highest BCUT2D eigenvalue weighted by atomic mass is 16.6. The van der Waals surface area contributed by atoms with E-state index in [4.69, 9.17) is 13.9 Å². The second-order valence-corrected chi connectivity index (χ2v) is 5.98. The van der Waals surface area contributed by atoms with Gasteiger partial charge in [-0.2, -0.15) is 0 Å². The van der Waals surface area contributed by atoms with Gasteiger partial charge in [0.1, 0.15) is 19.3 Å². The van der Waals surface area contributed by atoms with Crippen molar-refractivity contribution in [2.24, 2.45) is 0 Å². The zero-order valence-corrected chi connectivity index (χ0v) is 13.6. The predicted octanol–water partition coefficient (Wildman–Crippen LogP) is 2.29. The molecule has 4 rings (SSSR count). The number of furan rings is 1. The standard InChI is InChI=1S/C18H18N2O5/c21-17(19-12-5-6-14-16(11-12)25-10-9-24-14)13-3-1-7-20(13)18(22)15-4-2-8-23-15/h2,4-6,8,11,13H,1,3,7,9-10H2,(H,19,21). The number of nitrogens with zero attached hydrogens (tertiary/aromatic N) is 1. The summed E-state index contributed by atoms with van der Waals surface area (Å²) >= 11 is 0. The molecule has 25 heavy (non-hydrogen) atoms. The number of nitrogens with one attached hydrogen (secondary N) is 1. The summed E-state index contributed by atoms with van der Waals surface area (Å²) in [6.45, 7) is 1.54. The Morgan fingerprint density at radius 3 is 2.76 bits per heavy atom. The summed E-state index contributed by atoms with van der Waals surface area (Å²) in [5.74, 6) is 1.05. The third-order valence-electron chi connectivity index (χ3n) is 4.36. The van der Waals surface area contributed by atoms with Crippen LogP contribution < -0.4 is 14.8 Å². The third kappa shape index (κ3) is 3.05. The molecule has 0 bridgehead atoms. The van der Waals surface area contributed by atoms with E-state index in [1.165, 1.54) is 6.26 Å². The second-order valence-electron chi connectivity index (χ2n) is 5.98. The van der Waals surface area contributed by atoms with Crippen LogP contribution in [0, 0.1) is 0 Å². The summed E-state index contributed by atoms with van der Waals surface area (Å²) < 4.78 is 16.2. The van der Waals surface area contributed by atoms with Gasteiger partial charge < -0.3 is 24.1 Å². The molecule has 1 atom stereocenters. The quantitative estimate of drug-likeness (QED) is 0.926. The lowest BCUT2D eigenvalue weighted by molar-refractivity contribution is -0.119. The Labute approximate surface area is 144 Å². The van der Waals surface area contributed by atoms with E-state index in [2.05, 4.69) is 5.32 Å². The molecule has 130 valence electrons. The first-order chi connectivity index (χ1) is 12.2. The van der Waals surface area contributed by atoms with Crippen LogP contribution in [0.4, 0.5) is 5.69 Å². The smallest absolute Gasteiger partial charge is 0.290 e. The Morgan fingerprint density at radius 2 is 1.96 bits per heavy atom. The number of fused-ring (bicyclic) bond motifs is 1. The SMILES string of the molecule is O=C(Nc1ccc2c(c1)OCCO2)C1CCCN1C(=O)c1ccco1. The van der Waals surface area contributed by atoms with Gasteiger partial charge in [-0.05, 0) is 37.1 Å². The molecule has 3 heterocycles. The van der Waals surface area contributed by atoms with Crippen LogP contribution in [-0.2, 0) is 4.79 Å². The molecule has 1 saturated heterocycles. The molecule has 2 aliphatic heterocycles. The highest BCUT2D eigenvalue weighted by molar-refractivity contribution is 6.00. The number of benzene rings is 1. The maximum Gasteiger partial charge on any atom is 0.290 e. The molecule has 1 aromatic heterocycles. The third-order valence-corrected chi connectivity index (χ3v) is 4.36. The van der Waals surface area contributed by atoms with Crippen LogP contribution in [0.5, 0.6) is 11.5 Å². The minimum atomic E-state index is -0.509. The van der Waals surface area contributed by atoms with Gasteiger partial charge in [-0.15, -0.1) is 0 Å². The normalized spacial score (nSPS) is 18.9. The molecular formula is C18H18N2O5. The van der Waals surface area contributed by atoms with Gasteiger partial charge >= 0.3 is 0 Å². The number of carbonyl (C=O) groups is 2. The molecule has 7 heteroatoms. The van der Waals surface area contributed by atoms with Gasteiger partial charge in [0, 0.05) is 18.3 Å². The first-order valence-corrected chi connectivity index (χ1v) is 8.27. The van der Waals surface area contributed by atoms with Crippen molar-refractivity contribution < 1.29 is 23.5 Å². The Kier molecular flexibility index (Phi) is 4.05. The van der Waals surface area contributed by atoms with E-state index in [-0.39, 0.29) is 17.6 Å². The van der Waals surface area contributed by atoms with Crippen molar-refractivity contribution in [2.45, 2.75) is 18.9 Å². The minimum Gasteiger partial charge on any atom is -0.486 e. The lowest BCUT2D eigenvalue weighted by atomic mass is 10.2. The lowest BCUT2D eigenvalue weighted by Crippen LogP contribution is -2.43. The number of likely N-dealkylation sites (tertiary alicyclic amines) is 1. The lowest BCUT2D eigenvalue weighted by Gasteiger charge is -2.23. The molecule has 2 amide bonds. The highest BCUT2D eigenvalue weighted by Crippen LogP contribution is 2.33. The van der Waals surface area contributed by atoms with Gasteiger partial charge in [-0.25, -0.2) is 0 Å². The van der Waals surface area contributed by atoms with E-state index in [0.29, 0.717) is 43.4 Å². The average molecular weight is 342 g/mol. The average Bonchev–Trinajstić information content (AvgIpc) is 3.33. The molecule has 0 spiro atoms. The van der Waals surface area contributed by atoms with Crippen LogP contribution in [-0.4, -0.2) is 42.5 Å². The van der Waals surface area contributed by atoms with Crippen molar-refractivity contribution in [3.8, 4) is 11.5 Å². The maximum atomic E-state index is 12.7. The summed E-state index contributed by atoms with van der Waals surface area (Å²) in [6, 6.07) is 8.03. The molecule has 7 nitrogen and oxygen atoms in total. The number of hydrogen-bond acceptors (Lipinski definition) is 5. The summed E-state index contributed by atoms with van der Waals surface area (Å²) in [6.07, 6.45) is 2.86. The molecule has 1 unspecified atom stereocenters. The van der Waals surface area contributed by atoms with E-state index >= 15 is 0 Å². The summed E-state index contributed by atoms with van der Waals surface area (Å²) in [4.78, 5) is 26.7. The van der Waals surface area contributed by atoms with Crippen LogP contribution in [0.25, 0.3) is 0 Å². The second kappa shape index (κ2) is 6.51. The molecule has 0 radical (unpaired) electrons. The Bertz CT molecular complexity index is 787. The molecular weight excluding hydrogens is 324 g/mol. The van der Waals surface area contributed by atoms with Crippen molar-refractivity contribution in [1.82, 2.24) is 4.90 Å². The molecule has 2 aliphatic rings. The topological polar surface area (TPSA) is 81.0 Å². The van der Waals surface area contributed by atoms with Crippen molar-refractivity contribution in [3.63, 3.8) is 0 Å². The molecule has 1 fully saturated rings. The van der Waals surface area contributed by atoms with Crippen molar-refractivity contribution in [2.75, 3.05) is 25.1 Å². The fourth-order valence-electron chi connectivity index (χ4n) is 3.17. The van der Waals surface area contributed by atoms with E-state index in [9.17, 15) is 9.59 Å². The zero-order valence-electron chi connectivity index (χ0n) is 13.6. The molecule has 0 saturated carbocycles. The monoisotopic (exact) mass is 342 g/mol. The summed E-state index contributed by atoms with van der Waals surface area (Å²) in [5, 5.41) is 2.87. The van der Waals surface area contributed by atoms with Crippen LogP contribution in [0.15, 0.2) is 41.0 Å². The number of ether oxygens (including phenoxy) is 2. The van der Waals surface area contributed by atoms with Crippen LogP contribution >= 0.6 is 0 Å². The van der Waals surface area contributed by atoms with E-state index in [1.54, 1.807) is 35.2 Å². The highest BCUT2D eigenvalue weighted by Gasteiger charge is 2.35.